The Morgan fingerprint density at radius 2 is 1.67 bits per heavy atom. The van der Waals surface area contributed by atoms with Gasteiger partial charge >= 0.3 is 0 Å². The molecule has 0 bridgehead atoms. The van der Waals surface area contributed by atoms with Gasteiger partial charge in [0.2, 0.25) is 0 Å². The summed E-state index contributed by atoms with van der Waals surface area (Å²) in [6.07, 6.45) is -16.1. The molecule has 72 valence electrons. The third-order valence-corrected chi connectivity index (χ3v) is 1.39. The minimum absolute atomic E-state index is 1.10. The van der Waals surface area contributed by atoms with Crippen molar-refractivity contribution < 1.29 is 35.8 Å². The lowest BCUT2D eigenvalue weighted by molar-refractivity contribution is -0.286. The molecule has 1 aliphatic heterocycles. The van der Waals surface area contributed by atoms with Crippen molar-refractivity contribution in [2.75, 3.05) is 6.61 Å². The van der Waals surface area contributed by atoms with E-state index in [4.69, 9.17) is 10.6 Å². The fourth-order valence-corrected chi connectivity index (χ4v) is 0.745. The zero-order valence-electron chi connectivity index (χ0n) is 9.93. The highest BCUT2D eigenvalue weighted by Gasteiger charge is 2.42. The predicted molar refractivity (Wildman–Crippen MR) is 36.0 cm³/mol. The van der Waals surface area contributed by atoms with Gasteiger partial charge in [0.25, 0.3) is 0 Å². The quantitative estimate of drug-likeness (QED) is 0.293. The second-order valence-electron chi connectivity index (χ2n) is 2.18. The van der Waals surface area contributed by atoms with Crippen LogP contribution < -0.4 is 0 Å². The van der Waals surface area contributed by atoms with Gasteiger partial charge < -0.3 is 30.3 Å². The van der Waals surface area contributed by atoms with Gasteiger partial charge in [-0.2, -0.15) is 0 Å². The molecule has 12 heavy (non-hydrogen) atoms. The lowest BCUT2D eigenvalue weighted by atomic mass is 10.00. The van der Waals surface area contributed by atoms with Crippen LogP contribution in [0, 0.1) is 0 Å². The third kappa shape index (κ3) is 1.58. The maximum absolute atomic E-state index is 9.40. The molecule has 0 radical (unpaired) electrons. The van der Waals surface area contributed by atoms with E-state index in [-0.39, 0.29) is 0 Å². The van der Waals surface area contributed by atoms with E-state index in [1.165, 1.54) is 0 Å². The van der Waals surface area contributed by atoms with E-state index in [0.29, 0.717) is 0 Å². The Morgan fingerprint density at radius 1 is 1.08 bits per heavy atom. The first-order valence-corrected chi connectivity index (χ1v) is 3.10. The van der Waals surface area contributed by atoms with Gasteiger partial charge in [0.1, 0.15) is 24.3 Å². The molecule has 1 heterocycles. The molecule has 6 nitrogen and oxygen atoms in total. The number of aliphatic hydroxyl groups is 5. The van der Waals surface area contributed by atoms with E-state index in [1.54, 1.807) is 0 Å². The average Bonchev–Trinajstić information content (AvgIpc) is 2.11. The Balaban J connectivity index is 3.30. The summed E-state index contributed by atoms with van der Waals surface area (Å²) in [6, 6.07) is 0. The summed E-state index contributed by atoms with van der Waals surface area (Å²) in [5.41, 5.74) is 0. The predicted octanol–water partition coefficient (Wildman–Crippen LogP) is -3.22. The average molecular weight is 184 g/mol. The van der Waals surface area contributed by atoms with Gasteiger partial charge in [0.05, 0.1) is 12.1 Å². The van der Waals surface area contributed by atoms with Crippen LogP contribution >= 0.6 is 0 Å². The fraction of sp³-hybridized carbons (Fsp3) is 1.00. The molecule has 1 rings (SSSR count). The van der Waals surface area contributed by atoms with Crippen LogP contribution in [0.3, 0.4) is 0 Å². The summed E-state index contributed by atoms with van der Waals surface area (Å²) in [7, 11) is 0. The second-order valence-corrected chi connectivity index (χ2v) is 2.18. The summed E-state index contributed by atoms with van der Waals surface area (Å²) < 4.78 is 32.6. The van der Waals surface area contributed by atoms with Crippen molar-refractivity contribution in [2.24, 2.45) is 0 Å². The lowest BCUT2D eigenvalue weighted by Gasteiger charge is -2.37. The maximum atomic E-state index is 9.40. The molecule has 0 saturated carbocycles. The second kappa shape index (κ2) is 3.65. The molecule has 5 atom stereocenters. The molecule has 1 unspecified atom stereocenters. The van der Waals surface area contributed by atoms with Crippen molar-refractivity contribution >= 4 is 0 Å². The molecule has 1 saturated heterocycles. The fourth-order valence-electron chi connectivity index (χ4n) is 0.745. The molecule has 0 spiro atoms. The molecule has 6 heteroatoms. The van der Waals surface area contributed by atoms with Crippen LogP contribution in [0.1, 0.15) is 5.48 Å². The minimum Gasteiger partial charge on any atom is -0.394 e. The van der Waals surface area contributed by atoms with E-state index in [1.807, 2.05) is 0 Å². The highest BCUT2D eigenvalue weighted by molar-refractivity contribution is 4.87. The highest BCUT2D eigenvalue weighted by atomic mass is 16.6. The van der Waals surface area contributed by atoms with Crippen LogP contribution in [0.5, 0.6) is 0 Å². The molecule has 0 aromatic carbocycles. The molecule has 5 N–H and O–H groups in total. The molecule has 0 aromatic rings. The first kappa shape index (κ1) is 5.48. The Labute approximate surface area is 74.3 Å². The molecular formula is C6H12O6. The summed E-state index contributed by atoms with van der Waals surface area (Å²) in [5.74, 6) is 0. The van der Waals surface area contributed by atoms with Crippen molar-refractivity contribution in [3.05, 3.63) is 0 Å². The number of rotatable bonds is 1. The summed E-state index contributed by atoms with van der Waals surface area (Å²) in [4.78, 5) is 0. The monoisotopic (exact) mass is 184 g/mol. The zero-order valence-corrected chi connectivity index (χ0v) is 5.93. The first-order valence-electron chi connectivity index (χ1n) is 5.10. The minimum atomic E-state index is -3.69. The van der Waals surface area contributed by atoms with Gasteiger partial charge in [0.15, 0.2) is 6.27 Å². The number of aliphatic hydroxyl groups excluding tert-OH is 1. The van der Waals surface area contributed by atoms with Crippen LogP contribution in [-0.4, -0.2) is 62.7 Å². The standard InChI is InChI=1S/C6H12O6/c7-1-2-3(8)4(9)5(10)6(11)12-2/h2-11H,1H2/t2-,3-,4+,5+,6?/m1/s1/i3D,4D,5D,6D. The van der Waals surface area contributed by atoms with Crippen LogP contribution in [0.25, 0.3) is 0 Å². The van der Waals surface area contributed by atoms with Crippen molar-refractivity contribution in [1.29, 1.82) is 0 Å². The van der Waals surface area contributed by atoms with E-state index in [9.17, 15) is 20.4 Å². The van der Waals surface area contributed by atoms with Crippen molar-refractivity contribution in [3.8, 4) is 0 Å². The molecular weight excluding hydrogens is 168 g/mol. The Morgan fingerprint density at radius 3 is 2.17 bits per heavy atom. The Hall–Kier alpha value is -0.240. The SMILES string of the molecule is [2H]C1(O)O[C@H](CO)[C@@]([2H])(O)[C@]([2H])(O)[C@]1([2H])O. The van der Waals surface area contributed by atoms with Crippen molar-refractivity contribution in [3.63, 3.8) is 0 Å². The Kier molecular flexibility index (Phi) is 1.67. The normalized spacial score (nSPS) is 78.6. The van der Waals surface area contributed by atoms with Crippen molar-refractivity contribution in [1.82, 2.24) is 0 Å². The molecule has 0 aliphatic carbocycles. The van der Waals surface area contributed by atoms with Crippen LogP contribution in [0.2, 0.25) is 0 Å². The number of hydrogen-bond donors (Lipinski definition) is 5. The van der Waals surface area contributed by atoms with Crippen LogP contribution in [-0.2, 0) is 4.74 Å². The summed E-state index contributed by atoms with van der Waals surface area (Å²) in [6.45, 7) is -1.10. The van der Waals surface area contributed by atoms with Gasteiger partial charge in [-0.3, -0.25) is 0 Å². The summed E-state index contributed by atoms with van der Waals surface area (Å²) >= 11 is 0. The smallest absolute Gasteiger partial charge is 0.184 e. The first-order chi connectivity index (χ1) is 6.92. The molecule has 1 fully saturated rings. The van der Waals surface area contributed by atoms with E-state index < -0.39 is 37.2 Å². The zero-order chi connectivity index (χ0) is 13.0. The highest BCUT2D eigenvalue weighted by Crippen LogP contribution is 2.18. The lowest BCUT2D eigenvalue weighted by Crippen LogP contribution is -2.58. The number of ether oxygens (including phenoxy) is 1. The van der Waals surface area contributed by atoms with E-state index in [2.05, 4.69) is 4.74 Å². The van der Waals surface area contributed by atoms with E-state index in [0.717, 1.165) is 0 Å². The maximum Gasteiger partial charge on any atom is 0.184 e. The molecule has 1 aliphatic rings. The summed E-state index contributed by atoms with van der Waals surface area (Å²) in [5, 5.41) is 46.0. The van der Waals surface area contributed by atoms with Gasteiger partial charge in [-0.1, -0.05) is 0 Å². The Bertz CT molecular complexity index is 291. The van der Waals surface area contributed by atoms with Gasteiger partial charge in [-0.05, 0) is 0 Å². The molecule has 0 amide bonds. The number of hydrogen-bond acceptors (Lipinski definition) is 6. The third-order valence-electron chi connectivity index (χ3n) is 1.39. The largest absolute Gasteiger partial charge is 0.394 e. The van der Waals surface area contributed by atoms with Crippen LogP contribution in [0.4, 0.5) is 0 Å². The van der Waals surface area contributed by atoms with Gasteiger partial charge in [-0.15, -0.1) is 0 Å². The molecule has 0 aromatic heterocycles. The topological polar surface area (TPSA) is 110 Å². The van der Waals surface area contributed by atoms with Gasteiger partial charge in [-0.25, -0.2) is 0 Å². The van der Waals surface area contributed by atoms with Gasteiger partial charge in [0, 0.05) is 0 Å². The van der Waals surface area contributed by atoms with Crippen molar-refractivity contribution in [2.45, 2.75) is 30.6 Å². The van der Waals surface area contributed by atoms with Crippen LogP contribution in [0.15, 0.2) is 0 Å². The van der Waals surface area contributed by atoms with E-state index >= 15 is 0 Å².